The van der Waals surface area contributed by atoms with E-state index in [0.29, 0.717) is 0 Å². The number of aliphatic carboxylic acids is 1. The van der Waals surface area contributed by atoms with Crippen molar-refractivity contribution in [3.8, 4) is 0 Å². The third-order valence-electron chi connectivity index (χ3n) is 1.72. The van der Waals surface area contributed by atoms with Gasteiger partial charge in [0, 0.05) is 0 Å². The van der Waals surface area contributed by atoms with Crippen LogP contribution in [0.15, 0.2) is 0 Å². The lowest BCUT2D eigenvalue weighted by Gasteiger charge is -2.28. The Morgan fingerprint density at radius 3 is 1.82 bits per heavy atom. The standard InChI is InChI=1S/C6H12O4.H3N/c1-2-6(3-7,4-8)5(9)10;/h7-8H,2-4H2,1H3,(H,9,10);1H3. The molecule has 0 bridgehead atoms. The number of hydrogen-bond acceptors (Lipinski definition) is 4. The molecule has 5 heteroatoms. The van der Waals surface area contributed by atoms with Crippen molar-refractivity contribution in [1.29, 1.82) is 0 Å². The maximum absolute atomic E-state index is 10.3. The van der Waals surface area contributed by atoms with Crippen molar-refractivity contribution in [1.82, 2.24) is 6.15 Å². The molecule has 0 aromatic carbocycles. The van der Waals surface area contributed by atoms with Crippen LogP contribution in [0.4, 0.5) is 0 Å². The minimum Gasteiger partial charge on any atom is -0.549 e. The largest absolute Gasteiger partial charge is 0.549 e. The topological polar surface area (TPSA) is 117 Å². The van der Waals surface area contributed by atoms with E-state index >= 15 is 0 Å². The van der Waals surface area contributed by atoms with Gasteiger partial charge in [0.2, 0.25) is 0 Å². The molecule has 0 amide bonds. The highest BCUT2D eigenvalue weighted by atomic mass is 16.4. The van der Waals surface area contributed by atoms with Crippen LogP contribution in [0.1, 0.15) is 13.3 Å². The van der Waals surface area contributed by atoms with E-state index in [1.165, 1.54) is 0 Å². The van der Waals surface area contributed by atoms with Crippen molar-refractivity contribution in [3.05, 3.63) is 0 Å². The van der Waals surface area contributed by atoms with Crippen molar-refractivity contribution >= 4 is 5.97 Å². The van der Waals surface area contributed by atoms with Crippen LogP contribution in [0.2, 0.25) is 0 Å². The molecule has 11 heavy (non-hydrogen) atoms. The van der Waals surface area contributed by atoms with Crippen molar-refractivity contribution < 1.29 is 20.1 Å². The summed E-state index contributed by atoms with van der Waals surface area (Å²) in [4.78, 5) is 10.3. The van der Waals surface area contributed by atoms with Crippen LogP contribution in [-0.2, 0) is 4.79 Å². The Hall–Kier alpha value is -0.650. The van der Waals surface area contributed by atoms with Gasteiger partial charge in [0.15, 0.2) is 0 Å². The number of carboxylic acids is 1. The SMILES string of the molecule is CCC(CO)(CO)C(=O)[O-].[NH4+]. The molecule has 0 saturated heterocycles. The normalized spacial score (nSPS) is 10.5. The van der Waals surface area contributed by atoms with Gasteiger partial charge in [0.25, 0.3) is 0 Å². The summed E-state index contributed by atoms with van der Waals surface area (Å²) in [5, 5.41) is 27.4. The minimum absolute atomic E-state index is 0. The van der Waals surface area contributed by atoms with Crippen LogP contribution < -0.4 is 11.3 Å². The molecule has 0 rings (SSSR count). The van der Waals surface area contributed by atoms with E-state index in [1.807, 2.05) is 0 Å². The number of carbonyl (C=O) groups excluding carboxylic acids is 1. The molecule has 0 unspecified atom stereocenters. The lowest BCUT2D eigenvalue weighted by atomic mass is 9.87. The monoisotopic (exact) mass is 165 g/mol. The summed E-state index contributed by atoms with van der Waals surface area (Å²) in [6.07, 6.45) is 0.169. The molecule has 0 radical (unpaired) electrons. The average molecular weight is 165 g/mol. The quantitative estimate of drug-likeness (QED) is 0.469. The molecule has 0 saturated carbocycles. The zero-order valence-electron chi connectivity index (χ0n) is 6.83. The lowest BCUT2D eigenvalue weighted by molar-refractivity contribution is -0.322. The number of quaternary nitrogens is 1. The lowest BCUT2D eigenvalue weighted by Crippen LogP contribution is -2.47. The Labute approximate surface area is 65.2 Å². The number of aliphatic hydroxyl groups is 2. The zero-order chi connectivity index (χ0) is 8.20. The Kier molecular flexibility index (Phi) is 5.97. The van der Waals surface area contributed by atoms with Gasteiger partial charge in [-0.3, -0.25) is 0 Å². The minimum atomic E-state index is -1.46. The van der Waals surface area contributed by atoms with Crippen molar-refractivity contribution in [2.24, 2.45) is 5.41 Å². The van der Waals surface area contributed by atoms with Crippen molar-refractivity contribution in [2.45, 2.75) is 13.3 Å². The molecule has 6 N–H and O–H groups in total. The fourth-order valence-corrected chi connectivity index (χ4v) is 0.547. The summed E-state index contributed by atoms with van der Waals surface area (Å²) in [5.74, 6) is -1.40. The predicted octanol–water partition coefficient (Wildman–Crippen LogP) is -1.51. The summed E-state index contributed by atoms with van der Waals surface area (Å²) in [7, 11) is 0. The fourth-order valence-electron chi connectivity index (χ4n) is 0.547. The molecule has 0 aromatic rings. The summed E-state index contributed by atoms with van der Waals surface area (Å²) in [6, 6.07) is 0. The number of carboxylic acid groups (broad SMARTS) is 1. The predicted molar refractivity (Wildman–Crippen MR) is 37.9 cm³/mol. The molecule has 5 nitrogen and oxygen atoms in total. The van der Waals surface area contributed by atoms with Gasteiger partial charge in [0.1, 0.15) is 0 Å². The Balaban J connectivity index is 0. The molecule has 0 aliphatic heterocycles. The summed E-state index contributed by atoms with van der Waals surface area (Å²) in [6.45, 7) is 0.410. The maximum atomic E-state index is 10.3. The second-order valence-electron chi connectivity index (χ2n) is 2.24. The molecule has 0 spiro atoms. The highest BCUT2D eigenvalue weighted by molar-refractivity contribution is 5.72. The van der Waals surface area contributed by atoms with E-state index < -0.39 is 24.6 Å². The molecular formula is C6H15NO4. The Morgan fingerprint density at radius 1 is 1.45 bits per heavy atom. The number of hydrogen-bond donors (Lipinski definition) is 3. The second kappa shape index (κ2) is 5.06. The molecule has 0 aliphatic carbocycles. The molecule has 0 fully saturated rings. The van der Waals surface area contributed by atoms with E-state index in [2.05, 4.69) is 0 Å². The fraction of sp³-hybridized carbons (Fsp3) is 0.833. The number of aliphatic hydroxyl groups excluding tert-OH is 2. The van der Waals surface area contributed by atoms with Gasteiger partial charge in [-0.25, -0.2) is 0 Å². The summed E-state index contributed by atoms with van der Waals surface area (Å²) < 4.78 is 0. The summed E-state index contributed by atoms with van der Waals surface area (Å²) in [5.41, 5.74) is -1.46. The first kappa shape index (κ1) is 13.0. The zero-order valence-corrected chi connectivity index (χ0v) is 6.83. The average Bonchev–Trinajstić information content (AvgIpc) is 1.92. The molecule has 0 atom stereocenters. The molecule has 0 heterocycles. The van der Waals surface area contributed by atoms with Crippen LogP contribution in [0, 0.1) is 5.41 Å². The van der Waals surface area contributed by atoms with Gasteiger partial charge in [-0.1, -0.05) is 6.92 Å². The van der Waals surface area contributed by atoms with E-state index in [4.69, 9.17) is 10.2 Å². The van der Waals surface area contributed by atoms with E-state index in [9.17, 15) is 9.90 Å². The van der Waals surface area contributed by atoms with Crippen LogP contribution in [-0.4, -0.2) is 29.4 Å². The maximum Gasteiger partial charge on any atom is 0.0561 e. The highest BCUT2D eigenvalue weighted by Gasteiger charge is 2.27. The third-order valence-corrected chi connectivity index (χ3v) is 1.72. The number of carbonyl (C=O) groups is 1. The van der Waals surface area contributed by atoms with Gasteiger partial charge >= 0.3 is 0 Å². The van der Waals surface area contributed by atoms with E-state index in [0.717, 1.165) is 0 Å². The van der Waals surface area contributed by atoms with Crippen LogP contribution in [0.3, 0.4) is 0 Å². The smallest absolute Gasteiger partial charge is 0.0561 e. The molecular weight excluding hydrogens is 150 g/mol. The van der Waals surface area contributed by atoms with E-state index in [1.54, 1.807) is 6.92 Å². The van der Waals surface area contributed by atoms with Crippen LogP contribution in [0.25, 0.3) is 0 Å². The third kappa shape index (κ3) is 2.45. The first-order chi connectivity index (χ1) is 4.63. The van der Waals surface area contributed by atoms with Gasteiger partial charge in [0.05, 0.1) is 24.6 Å². The Morgan fingerprint density at radius 2 is 1.82 bits per heavy atom. The van der Waals surface area contributed by atoms with Crippen molar-refractivity contribution in [2.75, 3.05) is 13.2 Å². The van der Waals surface area contributed by atoms with Gasteiger partial charge in [-0.15, -0.1) is 0 Å². The molecule has 68 valence electrons. The van der Waals surface area contributed by atoms with Crippen LogP contribution in [0.5, 0.6) is 0 Å². The first-order valence-corrected chi connectivity index (χ1v) is 3.06. The van der Waals surface area contributed by atoms with Gasteiger partial charge in [-0.2, -0.15) is 0 Å². The first-order valence-electron chi connectivity index (χ1n) is 3.06. The van der Waals surface area contributed by atoms with Crippen LogP contribution >= 0.6 is 0 Å². The second-order valence-corrected chi connectivity index (χ2v) is 2.24. The molecule has 0 aromatic heterocycles. The van der Waals surface area contributed by atoms with Crippen molar-refractivity contribution in [3.63, 3.8) is 0 Å². The molecule has 0 aliphatic rings. The van der Waals surface area contributed by atoms with Gasteiger partial charge < -0.3 is 26.3 Å². The number of rotatable bonds is 4. The summed E-state index contributed by atoms with van der Waals surface area (Å²) >= 11 is 0. The van der Waals surface area contributed by atoms with E-state index in [-0.39, 0.29) is 12.6 Å². The Bertz CT molecular complexity index is 113. The highest BCUT2D eigenvalue weighted by Crippen LogP contribution is 2.18. The van der Waals surface area contributed by atoms with Gasteiger partial charge in [-0.05, 0) is 6.42 Å².